The fourth-order valence-corrected chi connectivity index (χ4v) is 2.20. The average Bonchev–Trinajstić information content (AvgIpc) is 3.23. The molecule has 0 saturated heterocycles. The Balaban J connectivity index is 1.51. The molecule has 0 bridgehead atoms. The third-order valence-electron chi connectivity index (χ3n) is 3.60. The molecule has 1 amide bonds. The van der Waals surface area contributed by atoms with E-state index < -0.39 is 0 Å². The van der Waals surface area contributed by atoms with Gasteiger partial charge in [0.25, 0.3) is 0 Å². The van der Waals surface area contributed by atoms with E-state index in [0.29, 0.717) is 17.4 Å². The van der Waals surface area contributed by atoms with E-state index in [-0.39, 0.29) is 18.9 Å². The van der Waals surface area contributed by atoms with Gasteiger partial charge < -0.3 is 10.1 Å². The highest BCUT2D eigenvalue weighted by Crippen LogP contribution is 2.14. The maximum atomic E-state index is 12.1. The van der Waals surface area contributed by atoms with E-state index in [1.807, 2.05) is 37.4 Å². The highest BCUT2D eigenvalue weighted by molar-refractivity contribution is 5.91. The van der Waals surface area contributed by atoms with Crippen molar-refractivity contribution in [3.63, 3.8) is 0 Å². The summed E-state index contributed by atoms with van der Waals surface area (Å²) in [7, 11) is 1.75. The van der Waals surface area contributed by atoms with Crippen molar-refractivity contribution in [2.75, 3.05) is 5.32 Å². The van der Waals surface area contributed by atoms with Gasteiger partial charge in [-0.1, -0.05) is 12.1 Å². The lowest BCUT2D eigenvalue weighted by molar-refractivity contribution is -0.115. The molecule has 0 aliphatic rings. The quantitative estimate of drug-likeness (QED) is 0.693. The van der Waals surface area contributed by atoms with Crippen molar-refractivity contribution in [3.05, 3.63) is 47.9 Å². The number of ether oxygens (including phenoxy) is 1. The number of nitrogens with zero attached hydrogens (tertiary/aromatic N) is 6. The van der Waals surface area contributed by atoms with Crippen LogP contribution >= 0.6 is 0 Å². The topological polar surface area (TPSA) is 99.8 Å². The standard InChI is InChI=1S/C16H19N7O2/c1-3-23-9-8-14(19-23)17-16(24)10-12-4-6-13(7-5-12)25-11-15-18-20-21-22(15)2/h4-9H,3,10-11H2,1-2H3,(H,17,19,24). The van der Waals surface area contributed by atoms with Crippen molar-refractivity contribution in [2.24, 2.45) is 7.05 Å². The molecule has 25 heavy (non-hydrogen) atoms. The van der Waals surface area contributed by atoms with Gasteiger partial charge in [0.15, 0.2) is 11.6 Å². The van der Waals surface area contributed by atoms with Gasteiger partial charge in [-0.2, -0.15) is 5.10 Å². The average molecular weight is 341 g/mol. The molecule has 0 fully saturated rings. The summed E-state index contributed by atoms with van der Waals surface area (Å²) in [6, 6.07) is 9.12. The van der Waals surface area contributed by atoms with Gasteiger partial charge in [0.1, 0.15) is 12.4 Å². The third kappa shape index (κ3) is 4.40. The maximum absolute atomic E-state index is 12.1. The van der Waals surface area contributed by atoms with Crippen LogP contribution in [-0.4, -0.2) is 35.9 Å². The highest BCUT2D eigenvalue weighted by atomic mass is 16.5. The summed E-state index contributed by atoms with van der Waals surface area (Å²) in [5, 5.41) is 18.2. The Bertz CT molecular complexity index is 838. The number of rotatable bonds is 7. The predicted octanol–water partition coefficient (Wildman–Crippen LogP) is 1.19. The molecule has 0 aliphatic heterocycles. The number of benzene rings is 1. The molecule has 1 aromatic carbocycles. The van der Waals surface area contributed by atoms with Crippen molar-refractivity contribution in [3.8, 4) is 5.75 Å². The van der Waals surface area contributed by atoms with Gasteiger partial charge in [0.2, 0.25) is 5.91 Å². The van der Waals surface area contributed by atoms with Gasteiger partial charge >= 0.3 is 0 Å². The third-order valence-corrected chi connectivity index (χ3v) is 3.60. The Morgan fingerprint density at radius 1 is 1.24 bits per heavy atom. The molecule has 0 radical (unpaired) electrons. The summed E-state index contributed by atoms with van der Waals surface area (Å²) in [6.07, 6.45) is 2.10. The summed E-state index contributed by atoms with van der Waals surface area (Å²) < 4.78 is 8.94. The van der Waals surface area contributed by atoms with Crippen LogP contribution in [0.3, 0.4) is 0 Å². The van der Waals surface area contributed by atoms with Crippen LogP contribution in [0.5, 0.6) is 5.75 Å². The first-order valence-corrected chi connectivity index (χ1v) is 7.90. The molecule has 0 aliphatic carbocycles. The van der Waals surface area contributed by atoms with Crippen LogP contribution in [0.1, 0.15) is 18.3 Å². The molecule has 3 rings (SSSR count). The summed E-state index contributed by atoms with van der Waals surface area (Å²) in [6.45, 7) is 3.04. The number of amides is 1. The van der Waals surface area contributed by atoms with Crippen molar-refractivity contribution in [2.45, 2.75) is 26.5 Å². The van der Waals surface area contributed by atoms with E-state index in [9.17, 15) is 4.79 Å². The second kappa shape index (κ2) is 7.56. The van der Waals surface area contributed by atoms with E-state index in [1.54, 1.807) is 22.5 Å². The number of hydrogen-bond acceptors (Lipinski definition) is 6. The number of carbonyl (C=O) groups is 1. The van der Waals surface area contributed by atoms with Crippen LogP contribution in [0, 0.1) is 0 Å². The molecule has 9 heteroatoms. The fourth-order valence-electron chi connectivity index (χ4n) is 2.20. The molecule has 0 spiro atoms. The van der Waals surface area contributed by atoms with Crippen LogP contribution in [0.4, 0.5) is 5.82 Å². The number of hydrogen-bond donors (Lipinski definition) is 1. The molecule has 2 heterocycles. The van der Waals surface area contributed by atoms with Crippen LogP contribution in [-0.2, 0) is 31.4 Å². The van der Waals surface area contributed by atoms with Gasteiger partial charge in [0, 0.05) is 25.9 Å². The van der Waals surface area contributed by atoms with Crippen LogP contribution in [0.15, 0.2) is 36.5 Å². The zero-order valence-corrected chi connectivity index (χ0v) is 14.1. The minimum absolute atomic E-state index is 0.111. The molecule has 9 nitrogen and oxygen atoms in total. The minimum atomic E-state index is -0.111. The zero-order valence-electron chi connectivity index (χ0n) is 14.1. The summed E-state index contributed by atoms with van der Waals surface area (Å²) in [5.74, 6) is 1.77. The Labute approximate surface area is 144 Å². The molecule has 3 aromatic rings. The monoisotopic (exact) mass is 341 g/mol. The first kappa shape index (κ1) is 16.6. The Kier molecular flexibility index (Phi) is 5.03. The maximum Gasteiger partial charge on any atom is 0.229 e. The summed E-state index contributed by atoms with van der Waals surface area (Å²) >= 11 is 0. The minimum Gasteiger partial charge on any atom is -0.486 e. The van der Waals surface area contributed by atoms with E-state index in [0.717, 1.165) is 12.1 Å². The smallest absolute Gasteiger partial charge is 0.229 e. The number of aromatic nitrogens is 6. The van der Waals surface area contributed by atoms with Crippen molar-refractivity contribution < 1.29 is 9.53 Å². The van der Waals surface area contributed by atoms with Crippen LogP contribution in [0.25, 0.3) is 0 Å². The largest absolute Gasteiger partial charge is 0.486 e. The van der Waals surface area contributed by atoms with Crippen LogP contribution in [0.2, 0.25) is 0 Å². The lowest BCUT2D eigenvalue weighted by Gasteiger charge is -2.06. The molecule has 130 valence electrons. The molecular formula is C16H19N7O2. The lowest BCUT2D eigenvalue weighted by atomic mass is 10.1. The number of aryl methyl sites for hydroxylation is 2. The van der Waals surface area contributed by atoms with E-state index >= 15 is 0 Å². The normalized spacial score (nSPS) is 10.6. The summed E-state index contributed by atoms with van der Waals surface area (Å²) in [4.78, 5) is 12.1. The molecule has 0 atom stereocenters. The second-order valence-electron chi connectivity index (χ2n) is 5.43. The summed E-state index contributed by atoms with van der Waals surface area (Å²) in [5.41, 5.74) is 0.889. The number of carbonyl (C=O) groups excluding carboxylic acids is 1. The lowest BCUT2D eigenvalue weighted by Crippen LogP contribution is -2.15. The van der Waals surface area contributed by atoms with Crippen LogP contribution < -0.4 is 10.1 Å². The predicted molar refractivity (Wildman–Crippen MR) is 89.8 cm³/mol. The van der Waals surface area contributed by atoms with Gasteiger partial charge in [-0.25, -0.2) is 4.68 Å². The first-order valence-electron chi connectivity index (χ1n) is 7.90. The number of tetrazole rings is 1. The van der Waals surface area contributed by atoms with E-state index in [2.05, 4.69) is 25.9 Å². The molecule has 0 unspecified atom stereocenters. The van der Waals surface area contributed by atoms with Crippen molar-refractivity contribution in [1.29, 1.82) is 0 Å². The molecule has 1 N–H and O–H groups in total. The Morgan fingerprint density at radius 2 is 2.04 bits per heavy atom. The number of anilines is 1. The zero-order chi connectivity index (χ0) is 17.6. The number of nitrogens with one attached hydrogen (secondary N) is 1. The SMILES string of the molecule is CCn1ccc(NC(=O)Cc2ccc(OCc3nnnn3C)cc2)n1. The highest BCUT2D eigenvalue weighted by Gasteiger charge is 2.07. The van der Waals surface area contributed by atoms with Crippen molar-refractivity contribution >= 4 is 11.7 Å². The Morgan fingerprint density at radius 3 is 2.68 bits per heavy atom. The Hall–Kier alpha value is -3.23. The van der Waals surface area contributed by atoms with Gasteiger partial charge in [-0.15, -0.1) is 5.10 Å². The molecule has 0 saturated carbocycles. The van der Waals surface area contributed by atoms with Crippen molar-refractivity contribution in [1.82, 2.24) is 30.0 Å². The second-order valence-corrected chi connectivity index (χ2v) is 5.43. The van der Waals surface area contributed by atoms with E-state index in [1.165, 1.54) is 0 Å². The van der Waals surface area contributed by atoms with Gasteiger partial charge in [-0.05, 0) is 35.0 Å². The molecule has 2 aromatic heterocycles. The van der Waals surface area contributed by atoms with Gasteiger partial charge in [-0.3, -0.25) is 9.48 Å². The fraction of sp³-hybridized carbons (Fsp3) is 0.312. The molecular weight excluding hydrogens is 322 g/mol. The van der Waals surface area contributed by atoms with E-state index in [4.69, 9.17) is 4.74 Å². The first-order chi connectivity index (χ1) is 12.1. The van der Waals surface area contributed by atoms with Gasteiger partial charge in [0.05, 0.1) is 6.42 Å².